The number of nitrogens with one attached hydrogen (secondary N) is 1. The number of thiazole rings is 1. The highest BCUT2D eigenvalue weighted by atomic mass is 32.1. The van der Waals surface area contributed by atoms with Gasteiger partial charge in [0.15, 0.2) is 5.13 Å². The van der Waals surface area contributed by atoms with Gasteiger partial charge >= 0.3 is 5.97 Å². The Bertz CT molecular complexity index is 1200. The summed E-state index contributed by atoms with van der Waals surface area (Å²) in [6.45, 7) is 1.48. The zero-order valence-corrected chi connectivity index (χ0v) is 17.9. The van der Waals surface area contributed by atoms with Crippen molar-refractivity contribution in [2.75, 3.05) is 12.4 Å². The number of para-hydroxylation sites is 1. The van der Waals surface area contributed by atoms with Gasteiger partial charge in [-0.25, -0.2) is 9.78 Å². The van der Waals surface area contributed by atoms with Crippen molar-refractivity contribution in [3.8, 4) is 11.1 Å². The molecule has 1 amide bonds. The molecule has 4 rings (SSSR count). The van der Waals surface area contributed by atoms with Crippen LogP contribution in [0.5, 0.6) is 0 Å². The molecule has 4 aromatic rings. The number of likely N-dealkylation sites (N-methyl/N-ethyl adjacent to an activating group) is 1. The van der Waals surface area contributed by atoms with Gasteiger partial charge in [-0.05, 0) is 54.4 Å². The number of benzene rings is 3. The maximum Gasteiger partial charge on any atom is 0.326 e. The molecule has 6 nitrogen and oxygen atoms in total. The number of carbonyl (C=O) groups is 2. The number of hydrogen-bond acceptors (Lipinski definition) is 5. The van der Waals surface area contributed by atoms with E-state index >= 15 is 0 Å². The smallest absolute Gasteiger partial charge is 0.326 e. The van der Waals surface area contributed by atoms with Crippen LogP contribution in [0.25, 0.3) is 21.3 Å². The zero-order chi connectivity index (χ0) is 22.0. The first-order chi connectivity index (χ1) is 14.9. The Kier molecular flexibility index (Phi) is 5.68. The number of carboxylic acid groups (broad SMARTS) is 1. The summed E-state index contributed by atoms with van der Waals surface area (Å²) in [5, 5.41) is 13.3. The van der Waals surface area contributed by atoms with Crippen molar-refractivity contribution in [2.24, 2.45) is 0 Å². The third kappa shape index (κ3) is 4.41. The molecule has 0 saturated carbocycles. The largest absolute Gasteiger partial charge is 0.480 e. The number of aromatic nitrogens is 1. The predicted octanol–water partition coefficient (Wildman–Crippen LogP) is 5.25. The van der Waals surface area contributed by atoms with E-state index in [1.807, 2.05) is 54.6 Å². The van der Waals surface area contributed by atoms with Crippen molar-refractivity contribution >= 4 is 44.2 Å². The van der Waals surface area contributed by atoms with Gasteiger partial charge in [-0.2, -0.15) is 0 Å². The van der Waals surface area contributed by atoms with E-state index in [1.165, 1.54) is 18.9 Å². The summed E-state index contributed by atoms with van der Waals surface area (Å²) in [6.07, 6.45) is 0. The van der Waals surface area contributed by atoms with Gasteiger partial charge in [0.25, 0.3) is 5.91 Å². The predicted molar refractivity (Wildman–Crippen MR) is 124 cm³/mol. The van der Waals surface area contributed by atoms with Gasteiger partial charge in [0.2, 0.25) is 0 Å². The van der Waals surface area contributed by atoms with Crippen molar-refractivity contribution in [3.63, 3.8) is 0 Å². The number of carbonyl (C=O) groups excluding carboxylic acids is 1. The number of aliphatic carboxylic acids is 1. The van der Waals surface area contributed by atoms with Gasteiger partial charge in [0.1, 0.15) is 6.04 Å². The van der Waals surface area contributed by atoms with E-state index in [9.17, 15) is 9.59 Å². The molecule has 1 heterocycles. The molecule has 31 heavy (non-hydrogen) atoms. The second-order valence-corrected chi connectivity index (χ2v) is 8.23. The molecule has 156 valence electrons. The molecule has 1 atom stereocenters. The lowest BCUT2D eigenvalue weighted by atomic mass is 10.0. The number of anilines is 2. The molecule has 3 aromatic carbocycles. The normalized spacial score (nSPS) is 11.8. The molecule has 7 heteroatoms. The van der Waals surface area contributed by atoms with Gasteiger partial charge < -0.3 is 15.3 Å². The molecule has 0 saturated heterocycles. The van der Waals surface area contributed by atoms with Crippen LogP contribution in [0.15, 0.2) is 72.8 Å². The summed E-state index contributed by atoms with van der Waals surface area (Å²) in [6, 6.07) is 22.3. The Morgan fingerprint density at radius 3 is 2.19 bits per heavy atom. The SMILES string of the molecule is C[C@@H](C(=O)O)N(C)C(=O)c1ccc(-c2ccc(Nc3nc4ccccc4s3)cc2)cc1. The van der Waals surface area contributed by atoms with Gasteiger partial charge in [-0.3, -0.25) is 4.79 Å². The third-order valence-electron chi connectivity index (χ3n) is 5.15. The van der Waals surface area contributed by atoms with E-state index in [0.717, 1.165) is 32.2 Å². The molecule has 0 radical (unpaired) electrons. The summed E-state index contributed by atoms with van der Waals surface area (Å²) in [5.74, 6) is -1.36. The standard InChI is InChI=1S/C24H21N3O3S/c1-15(23(29)30)27(2)22(28)18-9-7-16(8-10-18)17-11-13-19(14-12-17)25-24-26-20-5-3-4-6-21(20)31-24/h3-15H,1-2H3,(H,25,26)(H,29,30)/t15-/m0/s1. The van der Waals surface area contributed by atoms with E-state index in [4.69, 9.17) is 5.11 Å². The van der Waals surface area contributed by atoms with Crippen LogP contribution in [0.1, 0.15) is 17.3 Å². The Hall–Kier alpha value is -3.71. The fourth-order valence-corrected chi connectivity index (χ4v) is 4.03. The fourth-order valence-electron chi connectivity index (χ4n) is 3.15. The lowest BCUT2D eigenvalue weighted by molar-refractivity contribution is -0.141. The first-order valence-corrected chi connectivity index (χ1v) is 10.6. The molecule has 2 N–H and O–H groups in total. The summed E-state index contributed by atoms with van der Waals surface area (Å²) in [7, 11) is 1.49. The Morgan fingerprint density at radius 2 is 1.58 bits per heavy atom. The first kappa shape index (κ1) is 20.6. The number of amides is 1. The van der Waals surface area contributed by atoms with Crippen LogP contribution in [-0.2, 0) is 4.79 Å². The molecule has 0 bridgehead atoms. The minimum absolute atomic E-state index is 0.322. The van der Waals surface area contributed by atoms with Crippen LogP contribution >= 0.6 is 11.3 Å². The summed E-state index contributed by atoms with van der Waals surface area (Å²) in [5.41, 5.74) is 4.36. The number of fused-ring (bicyclic) bond motifs is 1. The molecule has 0 aliphatic rings. The summed E-state index contributed by atoms with van der Waals surface area (Å²) >= 11 is 1.61. The Labute approximate surface area is 183 Å². The molecular formula is C24H21N3O3S. The fraction of sp³-hybridized carbons (Fsp3) is 0.125. The van der Waals surface area contributed by atoms with Gasteiger partial charge in [0, 0.05) is 18.3 Å². The van der Waals surface area contributed by atoms with Crippen molar-refractivity contribution in [1.29, 1.82) is 0 Å². The number of carboxylic acids is 1. The minimum atomic E-state index is -1.04. The molecule has 0 spiro atoms. The third-order valence-corrected chi connectivity index (χ3v) is 6.11. The Balaban J connectivity index is 1.46. The van der Waals surface area contributed by atoms with Crippen molar-refractivity contribution < 1.29 is 14.7 Å². The number of nitrogens with zero attached hydrogens (tertiary/aromatic N) is 2. The molecule has 0 aliphatic carbocycles. The Morgan fingerprint density at radius 1 is 0.968 bits per heavy atom. The topological polar surface area (TPSA) is 82.5 Å². The highest BCUT2D eigenvalue weighted by Crippen LogP contribution is 2.29. The average molecular weight is 432 g/mol. The van der Waals surface area contributed by atoms with Crippen molar-refractivity contribution in [3.05, 3.63) is 78.4 Å². The zero-order valence-electron chi connectivity index (χ0n) is 17.1. The minimum Gasteiger partial charge on any atom is -0.480 e. The van der Waals surface area contributed by atoms with Crippen LogP contribution < -0.4 is 5.32 Å². The van der Waals surface area contributed by atoms with Crippen LogP contribution in [0.2, 0.25) is 0 Å². The summed E-state index contributed by atoms with van der Waals surface area (Å²) in [4.78, 5) is 29.4. The highest BCUT2D eigenvalue weighted by molar-refractivity contribution is 7.22. The molecule has 0 unspecified atom stereocenters. The van der Waals surface area contributed by atoms with Crippen LogP contribution in [0.4, 0.5) is 10.8 Å². The number of rotatable bonds is 6. The van der Waals surface area contributed by atoms with Crippen molar-refractivity contribution in [1.82, 2.24) is 9.88 Å². The lowest BCUT2D eigenvalue weighted by Crippen LogP contribution is -2.40. The molecule has 1 aromatic heterocycles. The van der Waals surface area contributed by atoms with E-state index in [2.05, 4.69) is 16.4 Å². The maximum atomic E-state index is 12.5. The monoisotopic (exact) mass is 431 g/mol. The maximum absolute atomic E-state index is 12.5. The molecule has 0 fully saturated rings. The highest BCUT2D eigenvalue weighted by Gasteiger charge is 2.22. The summed E-state index contributed by atoms with van der Waals surface area (Å²) < 4.78 is 1.14. The van der Waals surface area contributed by atoms with E-state index in [-0.39, 0.29) is 5.91 Å². The van der Waals surface area contributed by atoms with Crippen molar-refractivity contribution in [2.45, 2.75) is 13.0 Å². The van der Waals surface area contributed by atoms with Gasteiger partial charge in [-0.15, -0.1) is 0 Å². The lowest BCUT2D eigenvalue weighted by Gasteiger charge is -2.21. The van der Waals surface area contributed by atoms with Crippen LogP contribution in [0, 0.1) is 0 Å². The average Bonchev–Trinajstić information content (AvgIpc) is 3.20. The van der Waals surface area contributed by atoms with E-state index < -0.39 is 12.0 Å². The van der Waals surface area contributed by atoms with Gasteiger partial charge in [-0.1, -0.05) is 47.7 Å². The van der Waals surface area contributed by atoms with Crippen LogP contribution in [-0.4, -0.2) is 40.0 Å². The van der Waals surface area contributed by atoms with E-state index in [0.29, 0.717) is 5.56 Å². The van der Waals surface area contributed by atoms with Crippen LogP contribution in [0.3, 0.4) is 0 Å². The number of hydrogen-bond donors (Lipinski definition) is 2. The first-order valence-electron chi connectivity index (χ1n) is 9.75. The quantitative estimate of drug-likeness (QED) is 0.436. The van der Waals surface area contributed by atoms with Gasteiger partial charge in [0.05, 0.1) is 10.2 Å². The second kappa shape index (κ2) is 8.57. The van der Waals surface area contributed by atoms with E-state index in [1.54, 1.807) is 23.5 Å². The second-order valence-electron chi connectivity index (χ2n) is 7.20. The molecule has 0 aliphatic heterocycles. The molecular weight excluding hydrogens is 410 g/mol.